The Hall–Kier alpha value is -1.85. The number of hydrogen-bond acceptors (Lipinski definition) is 4. The van der Waals surface area contributed by atoms with Crippen LogP contribution in [0.2, 0.25) is 5.02 Å². The summed E-state index contributed by atoms with van der Waals surface area (Å²) >= 11 is 8.30. The molecule has 0 fully saturated rings. The van der Waals surface area contributed by atoms with E-state index in [1.165, 1.54) is 21.6 Å². The van der Waals surface area contributed by atoms with Gasteiger partial charge in [0.15, 0.2) is 5.78 Å². The zero-order valence-electron chi connectivity index (χ0n) is 15.9. The third-order valence-corrected chi connectivity index (χ3v) is 6.62. The van der Waals surface area contributed by atoms with Crippen LogP contribution >= 0.6 is 35.8 Å². The summed E-state index contributed by atoms with van der Waals surface area (Å²) in [5.41, 5.74) is 5.24. The summed E-state index contributed by atoms with van der Waals surface area (Å²) in [6, 6.07) is 15.6. The summed E-state index contributed by atoms with van der Waals surface area (Å²) in [4.78, 5) is 17.7. The highest BCUT2D eigenvalue weighted by Crippen LogP contribution is 2.36. The maximum atomic E-state index is 12.5. The smallest absolute Gasteiger partial charge is 0.194 e. The van der Waals surface area contributed by atoms with Crippen molar-refractivity contribution >= 4 is 41.6 Å². The van der Waals surface area contributed by atoms with Crippen LogP contribution in [0.3, 0.4) is 0 Å². The van der Waals surface area contributed by atoms with Crippen molar-refractivity contribution in [2.75, 3.05) is 13.1 Å². The van der Waals surface area contributed by atoms with Gasteiger partial charge in [-0.25, -0.2) is 0 Å². The van der Waals surface area contributed by atoms with E-state index in [1.54, 1.807) is 36.3 Å². The molecule has 0 unspecified atom stereocenters. The highest BCUT2D eigenvalue weighted by atomic mass is 35.5. The van der Waals surface area contributed by atoms with Crippen LogP contribution in [-0.2, 0) is 18.6 Å². The fourth-order valence-electron chi connectivity index (χ4n) is 3.44. The van der Waals surface area contributed by atoms with Gasteiger partial charge in [-0.1, -0.05) is 41.9 Å². The molecule has 1 aliphatic rings. The van der Waals surface area contributed by atoms with E-state index in [1.807, 2.05) is 30.3 Å². The predicted molar refractivity (Wildman–Crippen MR) is 123 cm³/mol. The Morgan fingerprint density at radius 3 is 2.59 bits per heavy atom. The van der Waals surface area contributed by atoms with Gasteiger partial charge in [0, 0.05) is 34.2 Å². The number of fused-ring (bicyclic) bond motifs is 1. The molecule has 0 saturated heterocycles. The first-order valence-corrected chi connectivity index (χ1v) is 10.8. The zero-order chi connectivity index (χ0) is 19.3. The number of thioether (sulfide) groups is 1. The van der Waals surface area contributed by atoms with Crippen LogP contribution in [0.1, 0.15) is 32.6 Å². The molecule has 1 aromatic heterocycles. The van der Waals surface area contributed by atoms with Crippen LogP contribution in [0.15, 0.2) is 65.8 Å². The minimum atomic E-state index is -0.00349. The Bertz CT molecular complexity index is 978. The van der Waals surface area contributed by atoms with Gasteiger partial charge in [-0.05, 0) is 60.8 Å². The number of pyridine rings is 1. The Morgan fingerprint density at radius 1 is 1.03 bits per heavy atom. The lowest BCUT2D eigenvalue weighted by molar-refractivity contribution is 0.103. The number of carbonyl (C=O) groups is 1. The lowest BCUT2D eigenvalue weighted by atomic mass is 10.0. The molecule has 6 heteroatoms. The molecular weight excluding hydrogens is 423 g/mol. The van der Waals surface area contributed by atoms with E-state index in [0.717, 1.165) is 36.7 Å². The highest BCUT2D eigenvalue weighted by molar-refractivity contribution is 7.98. The van der Waals surface area contributed by atoms with Crippen LogP contribution < -0.4 is 5.32 Å². The Kier molecular flexibility index (Phi) is 7.73. The molecule has 0 radical (unpaired) electrons. The summed E-state index contributed by atoms with van der Waals surface area (Å²) < 4.78 is 0. The number of halogens is 2. The number of hydrogen-bond donors (Lipinski definition) is 1. The van der Waals surface area contributed by atoms with E-state index in [-0.39, 0.29) is 18.2 Å². The molecule has 150 valence electrons. The number of aromatic nitrogens is 1. The first-order chi connectivity index (χ1) is 13.7. The maximum Gasteiger partial charge on any atom is 0.194 e. The molecule has 3 nitrogen and oxygen atoms in total. The van der Waals surface area contributed by atoms with Crippen LogP contribution in [0.5, 0.6) is 0 Å². The first-order valence-electron chi connectivity index (χ1n) is 9.40. The third-order valence-electron chi connectivity index (χ3n) is 4.96. The monoisotopic (exact) mass is 444 g/mol. The van der Waals surface area contributed by atoms with Crippen molar-refractivity contribution in [2.45, 2.75) is 23.5 Å². The van der Waals surface area contributed by atoms with Crippen molar-refractivity contribution in [1.29, 1.82) is 0 Å². The Labute approximate surface area is 186 Å². The zero-order valence-corrected chi connectivity index (χ0v) is 18.2. The summed E-state index contributed by atoms with van der Waals surface area (Å²) in [6.07, 6.45) is 5.33. The SMILES string of the molecule is Cl.O=C(c1ccc(CSc2c(Cl)ccc3c2CCNCC3)cc1)c1cccnc1. The van der Waals surface area contributed by atoms with Crippen molar-refractivity contribution in [3.05, 3.63) is 93.8 Å². The molecule has 0 atom stereocenters. The van der Waals surface area contributed by atoms with E-state index in [4.69, 9.17) is 11.6 Å². The summed E-state index contributed by atoms with van der Waals surface area (Å²) in [6.45, 7) is 2.01. The van der Waals surface area contributed by atoms with Gasteiger partial charge in [-0.15, -0.1) is 24.2 Å². The largest absolute Gasteiger partial charge is 0.316 e. The summed E-state index contributed by atoms with van der Waals surface area (Å²) in [7, 11) is 0. The van der Waals surface area contributed by atoms with E-state index in [0.29, 0.717) is 11.1 Å². The van der Waals surface area contributed by atoms with Gasteiger partial charge < -0.3 is 5.32 Å². The fourth-order valence-corrected chi connectivity index (χ4v) is 4.89. The minimum absolute atomic E-state index is 0. The average molecular weight is 445 g/mol. The van der Waals surface area contributed by atoms with E-state index in [2.05, 4.69) is 16.4 Å². The van der Waals surface area contributed by atoms with Crippen molar-refractivity contribution < 1.29 is 4.79 Å². The molecule has 1 N–H and O–H groups in total. The molecule has 0 aliphatic carbocycles. The second kappa shape index (κ2) is 10.3. The lowest BCUT2D eigenvalue weighted by Gasteiger charge is -2.14. The van der Waals surface area contributed by atoms with Crippen molar-refractivity contribution in [3.8, 4) is 0 Å². The molecule has 2 heterocycles. The molecule has 3 aromatic rings. The molecular formula is C23H22Cl2N2OS. The Balaban J connectivity index is 0.00000240. The van der Waals surface area contributed by atoms with Crippen LogP contribution in [0.4, 0.5) is 0 Å². The molecule has 0 amide bonds. The lowest BCUT2D eigenvalue weighted by Crippen LogP contribution is -2.16. The molecule has 29 heavy (non-hydrogen) atoms. The molecule has 0 spiro atoms. The van der Waals surface area contributed by atoms with Gasteiger partial charge in [0.05, 0.1) is 5.02 Å². The molecule has 0 bridgehead atoms. The second-order valence-electron chi connectivity index (χ2n) is 6.82. The predicted octanol–water partition coefficient (Wildman–Crippen LogP) is 5.37. The summed E-state index contributed by atoms with van der Waals surface area (Å²) in [5.74, 6) is 0.821. The minimum Gasteiger partial charge on any atom is -0.316 e. The van der Waals surface area contributed by atoms with Crippen molar-refractivity contribution in [2.24, 2.45) is 0 Å². The molecule has 1 aliphatic heterocycles. The van der Waals surface area contributed by atoms with E-state index in [9.17, 15) is 4.79 Å². The van der Waals surface area contributed by atoms with Gasteiger partial charge in [-0.3, -0.25) is 9.78 Å². The highest BCUT2D eigenvalue weighted by Gasteiger charge is 2.15. The van der Waals surface area contributed by atoms with Crippen LogP contribution in [-0.4, -0.2) is 23.9 Å². The van der Waals surface area contributed by atoms with E-state index < -0.39 is 0 Å². The molecule has 0 saturated carbocycles. The fraction of sp³-hybridized carbons (Fsp3) is 0.217. The summed E-state index contributed by atoms with van der Waals surface area (Å²) in [5, 5.41) is 4.28. The first kappa shape index (κ1) is 21.8. The standard InChI is InChI=1S/C23H21ClN2OS.ClH/c24-21-8-7-17-9-12-25-13-10-20(17)23(21)28-15-16-3-5-18(6-4-16)22(27)19-2-1-11-26-14-19;/h1-8,11,14,25H,9-10,12-13,15H2;1H. The van der Waals surface area contributed by atoms with Crippen LogP contribution in [0, 0.1) is 0 Å². The van der Waals surface area contributed by atoms with Gasteiger partial charge in [0.2, 0.25) is 0 Å². The second-order valence-corrected chi connectivity index (χ2v) is 8.21. The number of nitrogens with one attached hydrogen (secondary N) is 1. The number of ketones is 1. The third kappa shape index (κ3) is 5.20. The van der Waals surface area contributed by atoms with Gasteiger partial charge >= 0.3 is 0 Å². The quantitative estimate of drug-likeness (QED) is 0.424. The normalized spacial score (nSPS) is 13.1. The average Bonchev–Trinajstić information content (AvgIpc) is 2.99. The van der Waals surface area contributed by atoms with Crippen molar-refractivity contribution in [1.82, 2.24) is 10.3 Å². The van der Waals surface area contributed by atoms with Gasteiger partial charge in [0.25, 0.3) is 0 Å². The molecule has 2 aromatic carbocycles. The van der Waals surface area contributed by atoms with E-state index >= 15 is 0 Å². The number of rotatable bonds is 5. The Morgan fingerprint density at radius 2 is 1.83 bits per heavy atom. The van der Waals surface area contributed by atoms with Gasteiger partial charge in [0.1, 0.15) is 0 Å². The number of carbonyl (C=O) groups excluding carboxylic acids is 1. The maximum absolute atomic E-state index is 12.5. The number of benzene rings is 2. The van der Waals surface area contributed by atoms with Crippen LogP contribution in [0.25, 0.3) is 0 Å². The number of nitrogens with zero attached hydrogens (tertiary/aromatic N) is 1. The van der Waals surface area contributed by atoms with Crippen molar-refractivity contribution in [3.63, 3.8) is 0 Å². The topological polar surface area (TPSA) is 42.0 Å². The van der Waals surface area contributed by atoms with Gasteiger partial charge in [-0.2, -0.15) is 0 Å². The molecule has 4 rings (SSSR count).